The molecule has 2 unspecified atom stereocenters. The number of carboxylic acid groups (broad SMARTS) is 1. The minimum atomic E-state index is -1.36. The predicted octanol–water partition coefficient (Wildman–Crippen LogP) is 4.45. The fourth-order valence-corrected chi connectivity index (χ4v) is 5.03. The summed E-state index contributed by atoms with van der Waals surface area (Å²) in [6.45, 7) is 1.82. The Labute approximate surface area is 181 Å². The van der Waals surface area contributed by atoms with Crippen LogP contribution in [0.15, 0.2) is 68.7 Å². The Morgan fingerprint density at radius 3 is 2.45 bits per heavy atom. The molecule has 2 aromatic carbocycles. The molecule has 0 bridgehead atoms. The van der Waals surface area contributed by atoms with Crippen molar-refractivity contribution in [3.63, 3.8) is 0 Å². The van der Waals surface area contributed by atoms with Gasteiger partial charge in [-0.15, -0.1) is 0 Å². The van der Waals surface area contributed by atoms with E-state index >= 15 is 0 Å². The number of thioether (sulfide) groups is 1. The smallest absolute Gasteiger partial charge is 0.350 e. The van der Waals surface area contributed by atoms with Gasteiger partial charge in [-0.25, -0.2) is 14.0 Å². The zero-order chi connectivity index (χ0) is 22.3. The normalized spacial score (nSPS) is 17.3. The number of hydrogen-bond acceptors (Lipinski definition) is 5. The monoisotopic (exact) mass is 439 g/mol. The highest BCUT2D eigenvalue weighted by atomic mass is 32.2. The van der Waals surface area contributed by atoms with Crippen molar-refractivity contribution in [2.45, 2.75) is 23.1 Å². The first-order chi connectivity index (χ1) is 14.8. The number of fused-ring (bicyclic) bond motifs is 1. The van der Waals surface area contributed by atoms with Gasteiger partial charge in [-0.1, -0.05) is 49.0 Å². The first-order valence-electron chi connectivity index (χ1n) is 9.48. The molecule has 1 amide bonds. The van der Waals surface area contributed by atoms with Crippen LogP contribution < -0.4 is 5.63 Å². The lowest BCUT2D eigenvalue weighted by molar-refractivity contribution is 0.0690. The van der Waals surface area contributed by atoms with Crippen LogP contribution in [0, 0.1) is 5.82 Å². The summed E-state index contributed by atoms with van der Waals surface area (Å²) in [6.07, 6.45) is 0. The Bertz CT molecular complexity index is 1240. The zero-order valence-corrected chi connectivity index (χ0v) is 17.5. The number of benzene rings is 2. The van der Waals surface area contributed by atoms with Crippen LogP contribution in [-0.4, -0.2) is 34.3 Å². The van der Waals surface area contributed by atoms with Crippen LogP contribution in [0.1, 0.15) is 39.3 Å². The van der Waals surface area contributed by atoms with Crippen LogP contribution in [0.5, 0.6) is 0 Å². The molecule has 0 aliphatic carbocycles. The highest BCUT2D eigenvalue weighted by Gasteiger charge is 2.39. The quantitative estimate of drug-likeness (QED) is 0.646. The third-order valence-electron chi connectivity index (χ3n) is 5.28. The molecule has 31 heavy (non-hydrogen) atoms. The summed E-state index contributed by atoms with van der Waals surface area (Å²) in [4.78, 5) is 38.7. The van der Waals surface area contributed by atoms with Crippen molar-refractivity contribution < 1.29 is 23.5 Å². The van der Waals surface area contributed by atoms with Crippen LogP contribution in [0.2, 0.25) is 0 Å². The van der Waals surface area contributed by atoms with Crippen molar-refractivity contribution in [3.05, 3.63) is 87.7 Å². The molecule has 1 aromatic heterocycles. The molecule has 0 radical (unpaired) electrons. The maximum absolute atomic E-state index is 13.4. The molecule has 2 atom stereocenters. The van der Waals surface area contributed by atoms with Crippen LogP contribution >= 0.6 is 11.8 Å². The second kappa shape index (κ2) is 8.03. The SMILES string of the molecule is CC1c2oc(=O)c(C(=O)O)cc2SC1N(C)C(=O)c1ccccc1-c1ccc(F)cc1. The molecule has 0 saturated heterocycles. The Kier molecular flexibility index (Phi) is 5.41. The van der Waals surface area contributed by atoms with Gasteiger partial charge < -0.3 is 14.4 Å². The van der Waals surface area contributed by atoms with E-state index in [1.807, 2.05) is 6.92 Å². The second-order valence-corrected chi connectivity index (χ2v) is 8.41. The highest BCUT2D eigenvalue weighted by molar-refractivity contribution is 8.00. The van der Waals surface area contributed by atoms with E-state index in [4.69, 9.17) is 4.42 Å². The molecule has 0 fully saturated rings. The third-order valence-corrected chi connectivity index (χ3v) is 6.81. The van der Waals surface area contributed by atoms with Crippen molar-refractivity contribution in [2.75, 3.05) is 7.05 Å². The Hall–Kier alpha value is -3.39. The van der Waals surface area contributed by atoms with Crippen LogP contribution in [-0.2, 0) is 0 Å². The number of halogens is 1. The first-order valence-corrected chi connectivity index (χ1v) is 10.4. The summed E-state index contributed by atoms with van der Waals surface area (Å²) in [5.74, 6) is -1.91. The second-order valence-electron chi connectivity index (χ2n) is 7.25. The molecule has 0 spiro atoms. The summed E-state index contributed by atoms with van der Waals surface area (Å²) in [6, 6.07) is 14.3. The largest absolute Gasteiger partial charge is 0.477 e. The van der Waals surface area contributed by atoms with E-state index in [1.165, 1.54) is 30.0 Å². The molecule has 1 aliphatic heterocycles. The molecule has 2 heterocycles. The average molecular weight is 439 g/mol. The van der Waals surface area contributed by atoms with Crippen molar-refractivity contribution in [3.8, 4) is 11.1 Å². The molecule has 0 saturated carbocycles. The molecule has 4 rings (SSSR count). The Morgan fingerprint density at radius 1 is 1.10 bits per heavy atom. The number of nitrogens with zero attached hydrogens (tertiary/aromatic N) is 1. The van der Waals surface area contributed by atoms with E-state index in [1.54, 1.807) is 48.3 Å². The fraction of sp³-hybridized carbons (Fsp3) is 0.174. The first kappa shape index (κ1) is 20.9. The molecule has 3 aromatic rings. The standard InChI is InChI=1S/C23H18FNO5S/c1-12-19-18(11-17(22(27)28)23(29)30-19)31-21(12)25(2)20(26)16-6-4-3-5-15(16)13-7-9-14(24)10-8-13/h3-12,21H,1-2H3,(H,27,28). The van der Waals surface area contributed by atoms with Crippen molar-refractivity contribution in [2.24, 2.45) is 0 Å². The summed E-state index contributed by atoms with van der Waals surface area (Å²) < 4.78 is 18.6. The summed E-state index contributed by atoms with van der Waals surface area (Å²) in [7, 11) is 1.65. The van der Waals surface area contributed by atoms with Crippen molar-refractivity contribution >= 4 is 23.6 Å². The van der Waals surface area contributed by atoms with Crippen LogP contribution in [0.4, 0.5) is 4.39 Å². The van der Waals surface area contributed by atoms with Gasteiger partial charge in [0.25, 0.3) is 5.91 Å². The highest BCUT2D eigenvalue weighted by Crippen LogP contribution is 2.46. The maximum Gasteiger partial charge on any atom is 0.350 e. The fourth-order valence-electron chi connectivity index (χ4n) is 3.66. The lowest BCUT2D eigenvalue weighted by Gasteiger charge is -2.27. The Morgan fingerprint density at radius 2 is 1.77 bits per heavy atom. The number of carbonyl (C=O) groups is 2. The van der Waals surface area contributed by atoms with Gasteiger partial charge in [0.2, 0.25) is 0 Å². The maximum atomic E-state index is 13.4. The van der Waals surface area contributed by atoms with Gasteiger partial charge >= 0.3 is 11.6 Å². The summed E-state index contributed by atoms with van der Waals surface area (Å²) >= 11 is 1.28. The number of hydrogen-bond donors (Lipinski definition) is 1. The number of carboxylic acids is 1. The van der Waals surface area contributed by atoms with E-state index < -0.39 is 22.5 Å². The number of rotatable bonds is 4. The van der Waals surface area contributed by atoms with Gasteiger partial charge in [0.15, 0.2) is 0 Å². The van der Waals surface area contributed by atoms with E-state index in [9.17, 15) is 23.9 Å². The lowest BCUT2D eigenvalue weighted by atomic mass is 9.98. The van der Waals surface area contributed by atoms with Gasteiger partial charge in [-0.3, -0.25) is 4.79 Å². The average Bonchev–Trinajstić information content (AvgIpc) is 3.08. The van der Waals surface area contributed by atoms with Crippen molar-refractivity contribution in [1.82, 2.24) is 4.90 Å². The van der Waals surface area contributed by atoms with Crippen molar-refractivity contribution in [1.29, 1.82) is 0 Å². The minimum Gasteiger partial charge on any atom is -0.477 e. The lowest BCUT2D eigenvalue weighted by Crippen LogP contribution is -2.36. The topological polar surface area (TPSA) is 87.8 Å². The number of aromatic carboxylic acids is 1. The van der Waals surface area contributed by atoms with Gasteiger partial charge in [-0.05, 0) is 35.4 Å². The molecule has 158 valence electrons. The molecule has 8 heteroatoms. The number of amides is 1. The third kappa shape index (κ3) is 3.74. The van der Waals surface area contributed by atoms with Gasteiger partial charge in [0.05, 0.1) is 5.37 Å². The Balaban J connectivity index is 1.66. The van der Waals surface area contributed by atoms with Gasteiger partial charge in [0, 0.05) is 23.4 Å². The van der Waals surface area contributed by atoms with Crippen LogP contribution in [0.3, 0.4) is 0 Å². The van der Waals surface area contributed by atoms with E-state index in [0.29, 0.717) is 27.3 Å². The molecule has 1 aliphatic rings. The number of carbonyl (C=O) groups excluding carboxylic acids is 1. The molecule has 1 N–H and O–H groups in total. The van der Waals surface area contributed by atoms with E-state index in [2.05, 4.69) is 0 Å². The van der Waals surface area contributed by atoms with Gasteiger partial charge in [0.1, 0.15) is 17.1 Å². The summed E-state index contributed by atoms with van der Waals surface area (Å²) in [5.41, 5.74) is 0.497. The predicted molar refractivity (Wildman–Crippen MR) is 114 cm³/mol. The van der Waals surface area contributed by atoms with Gasteiger partial charge in [-0.2, -0.15) is 0 Å². The zero-order valence-electron chi connectivity index (χ0n) is 16.7. The molecular formula is C23H18FNO5S. The minimum absolute atomic E-state index is 0.252. The van der Waals surface area contributed by atoms with Crippen LogP contribution in [0.25, 0.3) is 11.1 Å². The van der Waals surface area contributed by atoms with E-state index in [-0.39, 0.29) is 17.6 Å². The number of likely N-dealkylation sites (N-methyl/N-ethyl adjacent to an activating group) is 1. The molecular weight excluding hydrogens is 421 g/mol. The molecule has 6 nitrogen and oxygen atoms in total. The van der Waals surface area contributed by atoms with E-state index in [0.717, 1.165) is 0 Å². The summed E-state index contributed by atoms with van der Waals surface area (Å²) in [5, 5.41) is 8.78.